The number of ether oxygens (including phenoxy) is 1. The Kier molecular flexibility index (Phi) is 7.68. The summed E-state index contributed by atoms with van der Waals surface area (Å²) in [4.78, 5) is 30.9. The molecule has 2 heterocycles. The molecule has 0 spiro atoms. The van der Waals surface area contributed by atoms with Gasteiger partial charge in [0.2, 0.25) is 15.9 Å². The van der Waals surface area contributed by atoms with Crippen molar-refractivity contribution in [2.45, 2.75) is 59.6 Å². The molecule has 2 aromatic rings. The summed E-state index contributed by atoms with van der Waals surface area (Å²) in [6.07, 6.45) is 1.58. The van der Waals surface area contributed by atoms with Gasteiger partial charge in [-0.15, -0.1) is 11.3 Å². The molecule has 174 valence electrons. The van der Waals surface area contributed by atoms with Crippen molar-refractivity contribution in [1.29, 1.82) is 0 Å². The van der Waals surface area contributed by atoms with Crippen LogP contribution in [0.25, 0.3) is 0 Å². The van der Waals surface area contributed by atoms with Crippen LogP contribution in [-0.4, -0.2) is 47.9 Å². The standard InChI is InChI=1S/C22H29N3O5S2/c1-5-11-32(28,29)24-10-6-7-20(24)21(27)30-13-18-14-31-22(23-18)25(17(4)26)19-9-8-15(2)16(3)12-19/h8-9,12,14,20H,5-7,10-11,13H2,1-4H3/t20-/m0/s1. The van der Waals surface area contributed by atoms with Crippen molar-refractivity contribution in [3.63, 3.8) is 0 Å². The maximum Gasteiger partial charge on any atom is 0.324 e. The van der Waals surface area contributed by atoms with Crippen LogP contribution >= 0.6 is 11.3 Å². The second-order valence-corrected chi connectivity index (χ2v) is 10.8. The molecule has 32 heavy (non-hydrogen) atoms. The first-order valence-electron chi connectivity index (χ1n) is 10.6. The first-order chi connectivity index (χ1) is 15.1. The molecule has 0 bridgehead atoms. The predicted molar refractivity (Wildman–Crippen MR) is 124 cm³/mol. The number of hydrogen-bond acceptors (Lipinski definition) is 7. The fourth-order valence-corrected chi connectivity index (χ4v) is 6.29. The predicted octanol–water partition coefficient (Wildman–Crippen LogP) is 3.69. The highest BCUT2D eigenvalue weighted by Gasteiger charge is 2.39. The smallest absolute Gasteiger partial charge is 0.324 e. The zero-order valence-electron chi connectivity index (χ0n) is 18.8. The fourth-order valence-electron chi connectivity index (χ4n) is 3.68. The van der Waals surface area contributed by atoms with Gasteiger partial charge in [0.15, 0.2) is 5.13 Å². The Hall–Kier alpha value is -2.30. The van der Waals surface area contributed by atoms with Gasteiger partial charge in [-0.1, -0.05) is 13.0 Å². The van der Waals surface area contributed by atoms with Gasteiger partial charge in [-0.2, -0.15) is 4.31 Å². The summed E-state index contributed by atoms with van der Waals surface area (Å²) < 4.78 is 31.5. The molecule has 1 amide bonds. The number of carbonyl (C=O) groups is 2. The average Bonchev–Trinajstić information content (AvgIpc) is 3.39. The quantitative estimate of drug-likeness (QED) is 0.536. The van der Waals surface area contributed by atoms with Gasteiger partial charge in [0.05, 0.1) is 17.1 Å². The van der Waals surface area contributed by atoms with Gasteiger partial charge in [-0.05, 0) is 56.4 Å². The molecule has 1 aliphatic heterocycles. The normalized spacial score (nSPS) is 16.8. The number of rotatable bonds is 8. The van der Waals surface area contributed by atoms with Crippen molar-refractivity contribution in [3.8, 4) is 0 Å². The molecule has 1 fully saturated rings. The van der Waals surface area contributed by atoms with E-state index in [1.807, 2.05) is 32.0 Å². The van der Waals surface area contributed by atoms with Crippen molar-refractivity contribution < 1.29 is 22.7 Å². The van der Waals surface area contributed by atoms with Crippen molar-refractivity contribution in [1.82, 2.24) is 9.29 Å². The Morgan fingerprint density at radius 3 is 2.69 bits per heavy atom. The number of anilines is 2. The lowest BCUT2D eigenvalue weighted by molar-refractivity contribution is -0.148. The van der Waals surface area contributed by atoms with E-state index in [1.54, 1.807) is 12.3 Å². The molecule has 0 radical (unpaired) electrons. The average molecular weight is 480 g/mol. The monoisotopic (exact) mass is 479 g/mol. The number of aryl methyl sites for hydroxylation is 2. The van der Waals surface area contributed by atoms with E-state index in [-0.39, 0.29) is 18.3 Å². The SMILES string of the molecule is CCCS(=O)(=O)N1CCC[C@H]1C(=O)OCc1csc(N(C(C)=O)c2ccc(C)c(C)c2)n1. The number of carbonyl (C=O) groups excluding carboxylic acids is 2. The third-order valence-electron chi connectivity index (χ3n) is 5.45. The molecule has 1 aromatic heterocycles. The van der Waals surface area contributed by atoms with Crippen LogP contribution in [0.5, 0.6) is 0 Å². The van der Waals surface area contributed by atoms with Crippen LogP contribution in [0, 0.1) is 13.8 Å². The van der Waals surface area contributed by atoms with Crippen molar-refractivity contribution in [3.05, 3.63) is 40.4 Å². The van der Waals surface area contributed by atoms with Crippen LogP contribution in [0.15, 0.2) is 23.6 Å². The first-order valence-corrected chi connectivity index (χ1v) is 13.1. The lowest BCUT2D eigenvalue weighted by atomic mass is 10.1. The zero-order valence-corrected chi connectivity index (χ0v) is 20.5. The molecule has 3 rings (SSSR count). The van der Waals surface area contributed by atoms with E-state index >= 15 is 0 Å². The Morgan fingerprint density at radius 1 is 1.28 bits per heavy atom. The van der Waals surface area contributed by atoms with Gasteiger partial charge in [0, 0.05) is 18.8 Å². The van der Waals surface area contributed by atoms with Gasteiger partial charge >= 0.3 is 5.97 Å². The van der Waals surface area contributed by atoms with Crippen molar-refractivity contribution in [2.24, 2.45) is 0 Å². The van der Waals surface area contributed by atoms with Crippen LogP contribution in [0.4, 0.5) is 10.8 Å². The number of thiazole rings is 1. The molecule has 0 aliphatic carbocycles. The van der Waals surface area contributed by atoms with E-state index in [9.17, 15) is 18.0 Å². The molecule has 1 atom stereocenters. The minimum Gasteiger partial charge on any atom is -0.458 e. The van der Waals surface area contributed by atoms with Crippen molar-refractivity contribution in [2.75, 3.05) is 17.2 Å². The van der Waals surface area contributed by atoms with Gasteiger partial charge in [0.1, 0.15) is 12.6 Å². The highest BCUT2D eigenvalue weighted by atomic mass is 32.2. The molecule has 1 aromatic carbocycles. The third kappa shape index (κ3) is 5.36. The van der Waals surface area contributed by atoms with E-state index in [0.29, 0.717) is 36.6 Å². The number of aromatic nitrogens is 1. The second-order valence-electron chi connectivity index (χ2n) is 7.94. The molecular weight excluding hydrogens is 450 g/mol. The van der Waals surface area contributed by atoms with E-state index in [4.69, 9.17) is 4.74 Å². The molecule has 0 N–H and O–H groups in total. The number of hydrogen-bond donors (Lipinski definition) is 0. The molecular formula is C22H29N3O5S2. The zero-order chi connectivity index (χ0) is 23.5. The molecule has 0 saturated carbocycles. The minimum absolute atomic E-state index is 0.0194. The summed E-state index contributed by atoms with van der Waals surface area (Å²) in [5.41, 5.74) is 3.43. The molecule has 1 aliphatic rings. The Morgan fingerprint density at radius 2 is 2.03 bits per heavy atom. The van der Waals surface area contributed by atoms with E-state index < -0.39 is 22.0 Å². The highest BCUT2D eigenvalue weighted by Crippen LogP contribution is 2.30. The number of sulfonamides is 1. The summed E-state index contributed by atoms with van der Waals surface area (Å²) in [7, 11) is -3.47. The van der Waals surface area contributed by atoms with Gasteiger partial charge < -0.3 is 4.74 Å². The summed E-state index contributed by atoms with van der Waals surface area (Å²) >= 11 is 1.28. The second kappa shape index (κ2) is 10.1. The Bertz CT molecular complexity index is 1100. The van der Waals surface area contributed by atoms with Crippen LogP contribution in [0.3, 0.4) is 0 Å². The van der Waals surface area contributed by atoms with Crippen LogP contribution in [-0.2, 0) is 31.0 Å². The van der Waals surface area contributed by atoms with E-state index in [0.717, 1.165) is 16.8 Å². The third-order valence-corrected chi connectivity index (χ3v) is 8.40. The lowest BCUT2D eigenvalue weighted by Gasteiger charge is -2.22. The fraction of sp³-hybridized carbons (Fsp3) is 0.500. The lowest BCUT2D eigenvalue weighted by Crippen LogP contribution is -2.42. The minimum atomic E-state index is -3.47. The van der Waals surface area contributed by atoms with E-state index in [2.05, 4.69) is 4.98 Å². The molecule has 10 heteroatoms. The van der Waals surface area contributed by atoms with E-state index in [1.165, 1.54) is 27.5 Å². The highest BCUT2D eigenvalue weighted by molar-refractivity contribution is 7.89. The summed E-state index contributed by atoms with van der Waals surface area (Å²) in [5, 5.41) is 2.22. The maximum atomic E-state index is 12.6. The first kappa shape index (κ1) is 24.3. The van der Waals surface area contributed by atoms with Gasteiger partial charge in [-0.3, -0.25) is 14.5 Å². The molecule has 0 unspecified atom stereocenters. The van der Waals surface area contributed by atoms with Gasteiger partial charge in [0.25, 0.3) is 0 Å². The number of nitrogens with zero attached hydrogens (tertiary/aromatic N) is 3. The van der Waals surface area contributed by atoms with Crippen molar-refractivity contribution >= 4 is 44.1 Å². The number of esters is 1. The molecule has 8 nitrogen and oxygen atoms in total. The number of amides is 1. The van der Waals surface area contributed by atoms with Crippen LogP contribution in [0.1, 0.15) is 49.9 Å². The van der Waals surface area contributed by atoms with Gasteiger partial charge in [-0.25, -0.2) is 13.4 Å². The largest absolute Gasteiger partial charge is 0.458 e. The summed E-state index contributed by atoms with van der Waals surface area (Å²) in [6.45, 7) is 7.52. The maximum absolute atomic E-state index is 12.6. The van der Waals surface area contributed by atoms with Crippen LogP contribution in [0.2, 0.25) is 0 Å². The Balaban J connectivity index is 1.70. The van der Waals surface area contributed by atoms with Crippen LogP contribution < -0.4 is 4.90 Å². The molecule has 1 saturated heterocycles. The topological polar surface area (TPSA) is 96.9 Å². The number of benzene rings is 1. The Labute approximate surface area is 193 Å². The summed E-state index contributed by atoms with van der Waals surface area (Å²) in [5.74, 6) is -0.714. The summed E-state index contributed by atoms with van der Waals surface area (Å²) in [6, 6.07) is 4.98.